The summed E-state index contributed by atoms with van der Waals surface area (Å²) in [5, 5.41) is 0.676. The Kier molecular flexibility index (Phi) is 5.28. The Bertz CT molecular complexity index is 420. The van der Waals surface area contributed by atoms with Crippen LogP contribution in [0.4, 0.5) is 0 Å². The highest BCUT2D eigenvalue weighted by molar-refractivity contribution is 6.31. The van der Waals surface area contributed by atoms with Crippen molar-refractivity contribution in [3.05, 3.63) is 28.8 Å². The van der Waals surface area contributed by atoms with Crippen LogP contribution in [0.2, 0.25) is 5.02 Å². The molecule has 0 unspecified atom stereocenters. The van der Waals surface area contributed by atoms with Crippen molar-refractivity contribution >= 4 is 17.6 Å². The molecule has 100 valence electrons. The van der Waals surface area contributed by atoms with E-state index in [1.165, 1.54) is 0 Å². The first-order valence-electron chi connectivity index (χ1n) is 5.67. The first-order chi connectivity index (χ1) is 8.47. The Morgan fingerprint density at radius 2 is 1.83 bits per heavy atom. The quantitative estimate of drug-likeness (QED) is 0.623. The summed E-state index contributed by atoms with van der Waals surface area (Å²) in [6.07, 6.45) is 0. The zero-order valence-electron chi connectivity index (χ0n) is 11.6. The molecule has 0 radical (unpaired) electrons. The molecule has 18 heavy (non-hydrogen) atoms. The Balaban J connectivity index is 3.00. The fraction of sp³-hybridized carbons (Fsp3) is 0.462. The lowest BCUT2D eigenvalue weighted by atomic mass is 10.2. The van der Waals surface area contributed by atoms with Gasteiger partial charge in [0.15, 0.2) is 5.96 Å². The summed E-state index contributed by atoms with van der Waals surface area (Å²) in [5.74, 6) is 1.65. The van der Waals surface area contributed by atoms with Crippen LogP contribution in [0.3, 0.4) is 0 Å². The number of halogens is 1. The van der Waals surface area contributed by atoms with Crippen LogP contribution in [-0.2, 0) is 6.54 Å². The van der Waals surface area contributed by atoms with Crippen LogP contribution in [0.15, 0.2) is 23.2 Å². The maximum Gasteiger partial charge on any atom is 0.195 e. The molecule has 0 amide bonds. The molecule has 0 spiro atoms. The monoisotopic (exact) mass is 269 g/mol. The van der Waals surface area contributed by atoms with Crippen LogP contribution in [-0.4, -0.2) is 51.1 Å². The van der Waals surface area contributed by atoms with Gasteiger partial charge in [0, 0.05) is 38.8 Å². The molecule has 0 aliphatic carbocycles. The molecular formula is C13H20ClN3O. The Hall–Kier alpha value is -1.42. The molecule has 0 saturated heterocycles. The van der Waals surface area contributed by atoms with Crippen LogP contribution in [0, 0.1) is 0 Å². The van der Waals surface area contributed by atoms with Gasteiger partial charge in [0.1, 0.15) is 5.75 Å². The first kappa shape index (κ1) is 14.6. The fourth-order valence-corrected chi connectivity index (χ4v) is 1.94. The maximum atomic E-state index is 6.17. The molecule has 0 N–H and O–H groups in total. The van der Waals surface area contributed by atoms with Crippen molar-refractivity contribution in [1.82, 2.24) is 9.80 Å². The average molecular weight is 270 g/mol. The lowest BCUT2D eigenvalue weighted by Crippen LogP contribution is -2.35. The molecule has 4 nitrogen and oxygen atoms in total. The molecule has 0 aromatic heterocycles. The largest absolute Gasteiger partial charge is 0.496 e. The van der Waals surface area contributed by atoms with E-state index in [9.17, 15) is 0 Å². The van der Waals surface area contributed by atoms with Crippen molar-refractivity contribution in [3.8, 4) is 5.75 Å². The Morgan fingerprint density at radius 1 is 1.22 bits per heavy atom. The van der Waals surface area contributed by atoms with Gasteiger partial charge in [-0.15, -0.1) is 0 Å². The minimum Gasteiger partial charge on any atom is -0.496 e. The number of rotatable bonds is 3. The second-order valence-corrected chi connectivity index (χ2v) is 4.73. The first-order valence-corrected chi connectivity index (χ1v) is 6.05. The fourth-order valence-electron chi connectivity index (χ4n) is 1.72. The highest BCUT2D eigenvalue weighted by atomic mass is 35.5. The smallest absolute Gasteiger partial charge is 0.195 e. The van der Waals surface area contributed by atoms with Crippen molar-refractivity contribution in [1.29, 1.82) is 0 Å². The van der Waals surface area contributed by atoms with Crippen LogP contribution in [0.1, 0.15) is 5.56 Å². The van der Waals surface area contributed by atoms with Gasteiger partial charge < -0.3 is 14.5 Å². The van der Waals surface area contributed by atoms with Gasteiger partial charge in [-0.2, -0.15) is 0 Å². The topological polar surface area (TPSA) is 28.1 Å². The Labute approximate surface area is 114 Å². The molecule has 0 aliphatic rings. The molecule has 5 heteroatoms. The number of nitrogens with zero attached hydrogens (tertiary/aromatic N) is 3. The molecule has 0 bridgehead atoms. The van der Waals surface area contributed by atoms with Crippen molar-refractivity contribution in [2.45, 2.75) is 6.54 Å². The molecule has 0 fully saturated rings. The average Bonchev–Trinajstić information content (AvgIpc) is 2.30. The van der Waals surface area contributed by atoms with Gasteiger partial charge in [0.05, 0.1) is 13.7 Å². The summed E-state index contributed by atoms with van der Waals surface area (Å²) in [5.41, 5.74) is 0.905. The second kappa shape index (κ2) is 6.50. The van der Waals surface area contributed by atoms with Gasteiger partial charge >= 0.3 is 0 Å². The van der Waals surface area contributed by atoms with Crippen molar-refractivity contribution in [3.63, 3.8) is 0 Å². The highest BCUT2D eigenvalue weighted by Gasteiger charge is 2.09. The summed E-state index contributed by atoms with van der Waals surface area (Å²) < 4.78 is 5.30. The predicted molar refractivity (Wildman–Crippen MR) is 76.5 cm³/mol. The molecule has 0 saturated carbocycles. The zero-order valence-corrected chi connectivity index (χ0v) is 12.3. The van der Waals surface area contributed by atoms with E-state index >= 15 is 0 Å². The van der Waals surface area contributed by atoms with Crippen molar-refractivity contribution in [2.24, 2.45) is 4.99 Å². The van der Waals surface area contributed by atoms with Gasteiger partial charge in [-0.3, -0.25) is 0 Å². The van der Waals surface area contributed by atoms with Crippen LogP contribution in [0.5, 0.6) is 5.75 Å². The van der Waals surface area contributed by atoms with E-state index in [1.54, 1.807) is 7.11 Å². The van der Waals surface area contributed by atoms with Crippen LogP contribution in [0.25, 0.3) is 0 Å². The third-order valence-corrected chi connectivity index (χ3v) is 2.83. The minimum absolute atomic E-state index is 0.495. The molecule has 0 atom stereocenters. The van der Waals surface area contributed by atoms with Gasteiger partial charge in [-0.25, -0.2) is 4.99 Å². The van der Waals surface area contributed by atoms with E-state index in [0.717, 1.165) is 17.3 Å². The van der Waals surface area contributed by atoms with Gasteiger partial charge in [0.2, 0.25) is 0 Å². The lowest BCUT2D eigenvalue weighted by molar-refractivity contribution is 0.409. The predicted octanol–water partition coefficient (Wildman–Crippen LogP) is 2.33. The van der Waals surface area contributed by atoms with E-state index in [0.29, 0.717) is 11.6 Å². The van der Waals surface area contributed by atoms with E-state index < -0.39 is 0 Å². The number of methoxy groups -OCH3 is 1. The van der Waals surface area contributed by atoms with E-state index in [1.807, 2.05) is 56.2 Å². The number of ether oxygens (including phenoxy) is 1. The summed E-state index contributed by atoms with van der Waals surface area (Å²) in [7, 11) is 9.48. The Morgan fingerprint density at radius 3 is 2.33 bits per heavy atom. The van der Waals surface area contributed by atoms with Gasteiger partial charge in [-0.1, -0.05) is 17.7 Å². The number of aliphatic imine (C=N–C) groups is 1. The van der Waals surface area contributed by atoms with Gasteiger partial charge in [0.25, 0.3) is 0 Å². The standard InChI is InChI=1S/C13H20ClN3O/c1-16(2)13(17(3)4)15-9-10-11(14)7-6-8-12(10)18-5/h6-8H,9H2,1-5H3. The number of hydrogen-bond acceptors (Lipinski definition) is 2. The molecule has 0 heterocycles. The maximum absolute atomic E-state index is 6.17. The normalized spacial score (nSPS) is 9.89. The molecule has 1 rings (SSSR count). The van der Waals surface area contributed by atoms with Crippen LogP contribution < -0.4 is 4.74 Å². The summed E-state index contributed by atoms with van der Waals surface area (Å²) in [6, 6.07) is 5.61. The third kappa shape index (κ3) is 3.53. The number of guanidine groups is 1. The summed E-state index contributed by atoms with van der Waals surface area (Å²) in [4.78, 5) is 8.49. The molecular weight excluding hydrogens is 250 g/mol. The molecule has 0 aliphatic heterocycles. The van der Waals surface area contributed by atoms with Crippen molar-refractivity contribution in [2.75, 3.05) is 35.3 Å². The van der Waals surface area contributed by atoms with Crippen LogP contribution >= 0.6 is 11.6 Å². The number of benzene rings is 1. The zero-order chi connectivity index (χ0) is 13.7. The van der Waals surface area contributed by atoms with E-state index in [2.05, 4.69) is 4.99 Å². The summed E-state index contributed by atoms with van der Waals surface area (Å²) >= 11 is 6.17. The molecule has 1 aromatic carbocycles. The highest BCUT2D eigenvalue weighted by Crippen LogP contribution is 2.26. The SMILES string of the molecule is COc1cccc(Cl)c1CN=C(N(C)C)N(C)C. The third-order valence-electron chi connectivity index (χ3n) is 2.47. The van der Waals surface area contributed by atoms with E-state index in [-0.39, 0.29) is 0 Å². The van der Waals surface area contributed by atoms with Crippen molar-refractivity contribution < 1.29 is 4.74 Å². The lowest BCUT2D eigenvalue weighted by Gasteiger charge is -2.22. The number of hydrogen-bond donors (Lipinski definition) is 0. The molecule has 1 aromatic rings. The summed E-state index contributed by atoms with van der Waals surface area (Å²) in [6.45, 7) is 0.495. The minimum atomic E-state index is 0.495. The second-order valence-electron chi connectivity index (χ2n) is 4.33. The van der Waals surface area contributed by atoms with Gasteiger partial charge in [-0.05, 0) is 12.1 Å². The van der Waals surface area contributed by atoms with E-state index in [4.69, 9.17) is 16.3 Å².